The average Bonchev–Trinajstić information content (AvgIpc) is 3.30. The first-order valence-electron chi connectivity index (χ1n) is 8.31. The van der Waals surface area contributed by atoms with Crippen LogP contribution >= 0.6 is 0 Å². The smallest absolute Gasteiger partial charge is 0.243 e. The molecule has 1 aromatic carbocycles. The van der Waals surface area contributed by atoms with E-state index in [1.165, 1.54) is 6.33 Å². The molecule has 3 aromatic rings. The van der Waals surface area contributed by atoms with E-state index in [4.69, 9.17) is 0 Å². The van der Waals surface area contributed by atoms with Gasteiger partial charge in [0.2, 0.25) is 5.91 Å². The molecule has 1 N–H and O–H groups in total. The van der Waals surface area contributed by atoms with Gasteiger partial charge in [-0.1, -0.05) is 32.0 Å². The van der Waals surface area contributed by atoms with Crippen LogP contribution in [-0.2, 0) is 11.3 Å². The highest BCUT2D eigenvalue weighted by Crippen LogP contribution is 2.18. The second-order valence-electron chi connectivity index (χ2n) is 6.21. The largest absolute Gasteiger partial charge is 0.350 e. The van der Waals surface area contributed by atoms with Crippen molar-refractivity contribution in [2.24, 2.45) is 0 Å². The van der Waals surface area contributed by atoms with Crippen LogP contribution in [0.5, 0.6) is 0 Å². The summed E-state index contributed by atoms with van der Waals surface area (Å²) in [6.07, 6.45) is 6.72. The summed E-state index contributed by atoms with van der Waals surface area (Å²) in [5.41, 5.74) is 1.88. The molecule has 0 spiro atoms. The Morgan fingerprint density at radius 3 is 2.76 bits per heavy atom. The molecule has 1 unspecified atom stereocenters. The van der Waals surface area contributed by atoms with Gasteiger partial charge in [0, 0.05) is 24.9 Å². The van der Waals surface area contributed by atoms with Gasteiger partial charge in [-0.2, -0.15) is 5.10 Å². The van der Waals surface area contributed by atoms with Gasteiger partial charge in [0.15, 0.2) is 0 Å². The van der Waals surface area contributed by atoms with Crippen molar-refractivity contribution in [2.45, 2.75) is 39.3 Å². The highest BCUT2D eigenvalue weighted by molar-refractivity contribution is 5.80. The van der Waals surface area contributed by atoms with Crippen LogP contribution in [0.25, 0.3) is 5.69 Å². The molecule has 2 heterocycles. The quantitative estimate of drug-likeness (QED) is 0.749. The van der Waals surface area contributed by atoms with Crippen molar-refractivity contribution < 1.29 is 4.79 Å². The number of benzene rings is 1. The van der Waals surface area contributed by atoms with E-state index in [0.717, 1.165) is 17.1 Å². The summed E-state index contributed by atoms with van der Waals surface area (Å²) in [5, 5.41) is 7.17. The summed E-state index contributed by atoms with van der Waals surface area (Å²) in [5.74, 6) is 1.12. The minimum absolute atomic E-state index is 0.0479. The number of carbonyl (C=O) groups is 1. The summed E-state index contributed by atoms with van der Waals surface area (Å²) in [4.78, 5) is 20.9. The number of carbonyl (C=O) groups excluding carboxylic acids is 1. The Morgan fingerprint density at radius 1 is 1.24 bits per heavy atom. The SMILES string of the molecule is CC(C)c1nccn1C(C)C(=O)NCc1ccccc1-n1cncn1. The van der Waals surface area contributed by atoms with E-state index in [9.17, 15) is 4.79 Å². The first-order valence-corrected chi connectivity index (χ1v) is 8.31. The maximum Gasteiger partial charge on any atom is 0.243 e. The molecule has 130 valence electrons. The fourth-order valence-corrected chi connectivity index (χ4v) is 2.77. The molecule has 7 nitrogen and oxygen atoms in total. The lowest BCUT2D eigenvalue weighted by atomic mass is 10.1. The predicted octanol–water partition coefficient (Wildman–Crippen LogP) is 2.46. The fraction of sp³-hybridized carbons (Fsp3) is 0.333. The Bertz CT molecular complexity index is 837. The monoisotopic (exact) mass is 338 g/mol. The van der Waals surface area contributed by atoms with Crippen LogP contribution in [0.2, 0.25) is 0 Å². The van der Waals surface area contributed by atoms with Crippen molar-refractivity contribution in [3.63, 3.8) is 0 Å². The summed E-state index contributed by atoms with van der Waals surface area (Å²) >= 11 is 0. The van der Waals surface area contributed by atoms with Gasteiger partial charge in [-0.3, -0.25) is 4.79 Å². The Hall–Kier alpha value is -2.96. The van der Waals surface area contributed by atoms with E-state index >= 15 is 0 Å². The van der Waals surface area contributed by atoms with Crippen LogP contribution in [-0.4, -0.2) is 30.2 Å². The lowest BCUT2D eigenvalue weighted by Crippen LogP contribution is -2.31. The predicted molar refractivity (Wildman–Crippen MR) is 94.2 cm³/mol. The van der Waals surface area contributed by atoms with Crippen LogP contribution < -0.4 is 5.32 Å². The van der Waals surface area contributed by atoms with Crippen LogP contribution in [0.15, 0.2) is 49.3 Å². The highest BCUT2D eigenvalue weighted by atomic mass is 16.2. The van der Waals surface area contributed by atoms with E-state index in [-0.39, 0.29) is 17.9 Å². The molecule has 1 atom stereocenters. The van der Waals surface area contributed by atoms with Gasteiger partial charge in [-0.05, 0) is 18.6 Å². The zero-order chi connectivity index (χ0) is 17.8. The van der Waals surface area contributed by atoms with Crippen LogP contribution in [0.4, 0.5) is 0 Å². The zero-order valence-electron chi connectivity index (χ0n) is 14.6. The minimum atomic E-state index is -0.321. The first-order chi connectivity index (χ1) is 12.1. The molecular weight excluding hydrogens is 316 g/mol. The lowest BCUT2D eigenvalue weighted by molar-refractivity contribution is -0.124. The summed E-state index contributed by atoms with van der Waals surface area (Å²) in [6, 6.07) is 7.48. The van der Waals surface area contributed by atoms with Crippen LogP contribution in [0.3, 0.4) is 0 Å². The molecule has 0 aliphatic carbocycles. The van der Waals surface area contributed by atoms with Gasteiger partial charge in [0.1, 0.15) is 24.5 Å². The van der Waals surface area contributed by atoms with E-state index in [0.29, 0.717) is 6.54 Å². The topological polar surface area (TPSA) is 77.6 Å². The van der Waals surface area contributed by atoms with Gasteiger partial charge >= 0.3 is 0 Å². The maximum absolute atomic E-state index is 12.6. The molecule has 0 aliphatic heterocycles. The Labute approximate surface area is 146 Å². The zero-order valence-corrected chi connectivity index (χ0v) is 14.6. The van der Waals surface area contributed by atoms with E-state index in [1.807, 2.05) is 42.0 Å². The third-order valence-electron chi connectivity index (χ3n) is 4.12. The molecule has 25 heavy (non-hydrogen) atoms. The summed E-state index contributed by atoms with van der Waals surface area (Å²) in [7, 11) is 0. The summed E-state index contributed by atoms with van der Waals surface area (Å²) < 4.78 is 3.61. The molecule has 0 aliphatic rings. The second-order valence-corrected chi connectivity index (χ2v) is 6.21. The number of para-hydroxylation sites is 1. The van der Waals surface area contributed by atoms with Crippen LogP contribution in [0.1, 0.15) is 44.1 Å². The Kier molecular flexibility index (Phi) is 4.92. The second kappa shape index (κ2) is 7.29. The number of hydrogen-bond acceptors (Lipinski definition) is 4. The first kappa shape index (κ1) is 16.9. The van der Waals surface area contributed by atoms with Crippen molar-refractivity contribution >= 4 is 5.91 Å². The number of amides is 1. The van der Waals surface area contributed by atoms with Gasteiger partial charge in [-0.15, -0.1) is 0 Å². The van der Waals surface area contributed by atoms with E-state index in [1.54, 1.807) is 17.2 Å². The van der Waals surface area contributed by atoms with Crippen molar-refractivity contribution in [3.8, 4) is 5.69 Å². The molecular formula is C18H22N6O. The van der Waals surface area contributed by atoms with Crippen molar-refractivity contribution in [1.82, 2.24) is 29.6 Å². The molecule has 1 amide bonds. The Balaban J connectivity index is 1.72. The Morgan fingerprint density at radius 2 is 2.04 bits per heavy atom. The summed E-state index contributed by atoms with van der Waals surface area (Å²) in [6.45, 7) is 6.44. The highest BCUT2D eigenvalue weighted by Gasteiger charge is 2.19. The third kappa shape index (κ3) is 3.60. The van der Waals surface area contributed by atoms with Gasteiger partial charge < -0.3 is 9.88 Å². The van der Waals surface area contributed by atoms with Crippen LogP contribution in [0, 0.1) is 0 Å². The molecule has 0 bridgehead atoms. The standard InChI is InChI=1S/C18H22N6O/c1-13(2)17-20-8-9-23(17)14(3)18(25)21-10-15-6-4-5-7-16(15)24-12-19-11-22-24/h4-9,11-14H,10H2,1-3H3,(H,21,25). The molecule has 7 heteroatoms. The molecule has 3 rings (SSSR count). The minimum Gasteiger partial charge on any atom is -0.350 e. The van der Waals surface area contributed by atoms with Gasteiger partial charge in [0.05, 0.1) is 5.69 Å². The lowest BCUT2D eigenvalue weighted by Gasteiger charge is -2.18. The number of hydrogen-bond donors (Lipinski definition) is 1. The number of aromatic nitrogens is 5. The number of nitrogens with zero attached hydrogens (tertiary/aromatic N) is 5. The molecule has 0 saturated carbocycles. The average molecular weight is 338 g/mol. The van der Waals surface area contributed by atoms with Gasteiger partial charge in [0.25, 0.3) is 0 Å². The van der Waals surface area contributed by atoms with Crippen molar-refractivity contribution in [2.75, 3.05) is 0 Å². The molecule has 0 saturated heterocycles. The molecule has 2 aromatic heterocycles. The molecule has 0 radical (unpaired) electrons. The van der Waals surface area contributed by atoms with Crippen molar-refractivity contribution in [3.05, 3.63) is 60.7 Å². The molecule has 0 fully saturated rings. The van der Waals surface area contributed by atoms with Gasteiger partial charge in [-0.25, -0.2) is 14.6 Å². The number of nitrogens with one attached hydrogen (secondary N) is 1. The normalized spacial score (nSPS) is 12.3. The van der Waals surface area contributed by atoms with E-state index < -0.39 is 0 Å². The number of imidazole rings is 1. The number of rotatable bonds is 6. The van der Waals surface area contributed by atoms with E-state index in [2.05, 4.69) is 34.2 Å². The maximum atomic E-state index is 12.6. The van der Waals surface area contributed by atoms with Crippen molar-refractivity contribution in [1.29, 1.82) is 0 Å². The fourth-order valence-electron chi connectivity index (χ4n) is 2.77. The third-order valence-corrected chi connectivity index (χ3v) is 4.12.